The highest BCUT2D eigenvalue weighted by Crippen LogP contribution is 2.37. The first kappa shape index (κ1) is 12.5. The number of carbonyl (C=O) groups excluding carboxylic acids is 1. The van der Waals surface area contributed by atoms with Gasteiger partial charge in [-0.05, 0) is 52.9 Å². The van der Waals surface area contributed by atoms with Crippen molar-refractivity contribution in [2.24, 2.45) is 11.7 Å². The molecule has 3 N–H and O–H groups in total. The third-order valence-electron chi connectivity index (χ3n) is 3.63. The molecule has 15 heavy (non-hydrogen) atoms. The third kappa shape index (κ3) is 2.49. The van der Waals surface area contributed by atoms with E-state index in [-0.39, 0.29) is 5.91 Å². The molecule has 4 nitrogen and oxygen atoms in total. The quantitative estimate of drug-likeness (QED) is 0.685. The van der Waals surface area contributed by atoms with E-state index in [2.05, 4.69) is 24.3 Å². The summed E-state index contributed by atoms with van der Waals surface area (Å²) in [6, 6.07) is 0. The van der Waals surface area contributed by atoms with E-state index < -0.39 is 5.54 Å². The first-order valence-electron chi connectivity index (χ1n) is 5.66. The minimum atomic E-state index is -0.448. The molecule has 0 radical (unpaired) electrons. The Hall–Kier alpha value is -0.610. The van der Waals surface area contributed by atoms with Crippen LogP contribution in [0.25, 0.3) is 0 Å². The van der Waals surface area contributed by atoms with Crippen molar-refractivity contribution in [3.8, 4) is 0 Å². The molecule has 1 amide bonds. The number of nitrogens with one attached hydrogen (secondary N) is 1. The summed E-state index contributed by atoms with van der Waals surface area (Å²) in [5, 5.41) is 3.16. The predicted octanol–water partition coefficient (Wildman–Crippen LogP) is 0.182. The average molecular weight is 213 g/mol. The number of nitrogens with zero attached hydrogens (tertiary/aromatic N) is 1. The number of likely N-dealkylation sites (N-methyl/N-ethyl adjacent to an activating group) is 1. The van der Waals surface area contributed by atoms with Crippen molar-refractivity contribution < 1.29 is 4.79 Å². The molecule has 0 aromatic heterocycles. The fraction of sp³-hybridized carbons (Fsp3) is 0.909. The van der Waals surface area contributed by atoms with Gasteiger partial charge in [-0.15, -0.1) is 0 Å². The Morgan fingerprint density at radius 1 is 1.60 bits per heavy atom. The summed E-state index contributed by atoms with van der Waals surface area (Å²) >= 11 is 0. The van der Waals surface area contributed by atoms with Crippen LogP contribution in [-0.2, 0) is 4.79 Å². The average Bonchev–Trinajstić information content (AvgIpc) is 2.58. The molecule has 0 aliphatic heterocycles. The highest BCUT2D eigenvalue weighted by atomic mass is 16.1. The summed E-state index contributed by atoms with van der Waals surface area (Å²) in [6.07, 6.45) is 4.13. The molecule has 0 spiro atoms. The zero-order valence-corrected chi connectivity index (χ0v) is 10.0. The Morgan fingerprint density at radius 2 is 2.27 bits per heavy atom. The van der Waals surface area contributed by atoms with Crippen molar-refractivity contribution in [1.29, 1.82) is 0 Å². The summed E-state index contributed by atoms with van der Waals surface area (Å²) < 4.78 is 0. The van der Waals surface area contributed by atoms with E-state index in [1.165, 1.54) is 0 Å². The maximum atomic E-state index is 11.6. The van der Waals surface area contributed by atoms with Gasteiger partial charge in [0.2, 0.25) is 5.91 Å². The Morgan fingerprint density at radius 3 is 2.73 bits per heavy atom. The summed E-state index contributed by atoms with van der Waals surface area (Å²) in [7, 11) is 5.96. The lowest BCUT2D eigenvalue weighted by Gasteiger charge is -2.32. The topological polar surface area (TPSA) is 58.4 Å². The van der Waals surface area contributed by atoms with Gasteiger partial charge < -0.3 is 16.0 Å². The highest BCUT2D eigenvalue weighted by molar-refractivity contribution is 5.85. The molecule has 1 aliphatic rings. The van der Waals surface area contributed by atoms with Crippen LogP contribution in [0, 0.1) is 5.92 Å². The number of hydrogen-bond donors (Lipinski definition) is 2. The minimum absolute atomic E-state index is 0.189. The maximum Gasteiger partial charge on any atom is 0.238 e. The van der Waals surface area contributed by atoms with Crippen LogP contribution in [0.5, 0.6) is 0 Å². The number of nitrogens with two attached hydrogens (primary N) is 1. The summed E-state index contributed by atoms with van der Waals surface area (Å²) in [4.78, 5) is 13.7. The van der Waals surface area contributed by atoms with Gasteiger partial charge in [-0.3, -0.25) is 4.79 Å². The van der Waals surface area contributed by atoms with Crippen LogP contribution in [0.4, 0.5) is 0 Å². The Balaban J connectivity index is 2.65. The van der Waals surface area contributed by atoms with Crippen LogP contribution in [0.15, 0.2) is 0 Å². The molecule has 0 aromatic carbocycles. The lowest BCUT2D eigenvalue weighted by molar-refractivity contribution is -0.125. The molecular formula is C11H23N3O. The minimum Gasteiger partial charge on any atom is -0.368 e. The van der Waals surface area contributed by atoms with E-state index in [0.29, 0.717) is 5.92 Å². The number of primary amides is 1. The van der Waals surface area contributed by atoms with Crippen LogP contribution in [0.2, 0.25) is 0 Å². The Bertz CT molecular complexity index is 230. The second-order valence-corrected chi connectivity index (χ2v) is 4.77. The lowest BCUT2D eigenvalue weighted by atomic mass is 9.84. The zero-order chi connectivity index (χ0) is 11.5. The van der Waals surface area contributed by atoms with Gasteiger partial charge in [-0.1, -0.05) is 6.42 Å². The van der Waals surface area contributed by atoms with Crippen molar-refractivity contribution in [2.45, 2.75) is 31.2 Å². The van der Waals surface area contributed by atoms with Gasteiger partial charge in [0.15, 0.2) is 0 Å². The molecule has 0 aromatic rings. The first-order valence-corrected chi connectivity index (χ1v) is 5.66. The molecule has 4 heteroatoms. The van der Waals surface area contributed by atoms with E-state index in [1.807, 2.05) is 7.05 Å². The normalized spacial score (nSPS) is 31.1. The van der Waals surface area contributed by atoms with Crippen LogP contribution in [-0.4, -0.2) is 44.0 Å². The standard InChI is InChI=1S/C11H23N3O/c1-13-11(10(12)15)7-4-5-9(11)6-8-14(2)3/h9,13H,4-8H2,1-3H3,(H2,12,15). The predicted molar refractivity (Wildman–Crippen MR) is 61.5 cm³/mol. The van der Waals surface area contributed by atoms with E-state index in [0.717, 1.165) is 32.2 Å². The molecule has 0 heterocycles. The van der Waals surface area contributed by atoms with E-state index in [1.54, 1.807) is 0 Å². The molecule has 0 saturated heterocycles. The Labute approximate surface area is 92.2 Å². The van der Waals surface area contributed by atoms with Gasteiger partial charge in [0.1, 0.15) is 5.54 Å². The maximum absolute atomic E-state index is 11.6. The number of carbonyl (C=O) groups is 1. The van der Waals surface area contributed by atoms with Gasteiger partial charge in [-0.2, -0.15) is 0 Å². The van der Waals surface area contributed by atoms with E-state index in [4.69, 9.17) is 5.73 Å². The van der Waals surface area contributed by atoms with Gasteiger partial charge >= 0.3 is 0 Å². The Kier molecular flexibility index (Phi) is 4.11. The summed E-state index contributed by atoms with van der Waals surface area (Å²) in [5.41, 5.74) is 5.08. The second-order valence-electron chi connectivity index (χ2n) is 4.77. The molecule has 88 valence electrons. The summed E-state index contributed by atoms with van der Waals surface area (Å²) in [5.74, 6) is 0.202. The van der Waals surface area contributed by atoms with Gasteiger partial charge in [0.25, 0.3) is 0 Å². The SMILES string of the molecule is CNC1(C(N)=O)CCCC1CCN(C)C. The molecule has 2 atom stereocenters. The highest BCUT2D eigenvalue weighted by Gasteiger charge is 2.45. The first-order chi connectivity index (χ1) is 7.03. The fourth-order valence-corrected chi connectivity index (χ4v) is 2.66. The second kappa shape index (κ2) is 4.94. The van der Waals surface area contributed by atoms with Crippen LogP contribution in [0.1, 0.15) is 25.7 Å². The van der Waals surface area contributed by atoms with Crippen LogP contribution < -0.4 is 11.1 Å². The smallest absolute Gasteiger partial charge is 0.238 e. The molecule has 0 bridgehead atoms. The van der Waals surface area contributed by atoms with Crippen molar-refractivity contribution in [3.63, 3.8) is 0 Å². The molecule has 2 unspecified atom stereocenters. The van der Waals surface area contributed by atoms with Crippen molar-refractivity contribution in [3.05, 3.63) is 0 Å². The number of rotatable bonds is 5. The summed E-state index contributed by atoms with van der Waals surface area (Å²) in [6.45, 7) is 1.02. The van der Waals surface area contributed by atoms with Gasteiger partial charge in [0, 0.05) is 0 Å². The van der Waals surface area contributed by atoms with Crippen LogP contribution >= 0.6 is 0 Å². The molecule has 1 saturated carbocycles. The molecule has 1 aliphatic carbocycles. The largest absolute Gasteiger partial charge is 0.368 e. The molecule has 1 fully saturated rings. The van der Waals surface area contributed by atoms with Gasteiger partial charge in [0.05, 0.1) is 0 Å². The van der Waals surface area contributed by atoms with Crippen LogP contribution in [0.3, 0.4) is 0 Å². The number of amides is 1. The van der Waals surface area contributed by atoms with Gasteiger partial charge in [-0.25, -0.2) is 0 Å². The van der Waals surface area contributed by atoms with Crippen molar-refractivity contribution >= 4 is 5.91 Å². The fourth-order valence-electron chi connectivity index (χ4n) is 2.66. The third-order valence-corrected chi connectivity index (χ3v) is 3.63. The van der Waals surface area contributed by atoms with Crippen molar-refractivity contribution in [2.75, 3.05) is 27.7 Å². The van der Waals surface area contributed by atoms with E-state index >= 15 is 0 Å². The molecular weight excluding hydrogens is 190 g/mol. The van der Waals surface area contributed by atoms with E-state index in [9.17, 15) is 4.79 Å². The zero-order valence-electron chi connectivity index (χ0n) is 10.0. The number of hydrogen-bond acceptors (Lipinski definition) is 3. The monoisotopic (exact) mass is 213 g/mol. The lowest BCUT2D eigenvalue weighted by Crippen LogP contribution is -2.56. The molecule has 1 rings (SSSR count). The van der Waals surface area contributed by atoms with Crippen molar-refractivity contribution in [1.82, 2.24) is 10.2 Å².